The standard InChI is InChI=1S/C17H24BrFN2O/c1-3-20(2)11-13-8-9-21(12-13)17(22)7-5-14-4-6-15(18)10-16(14)19/h4,6,10,13H,3,5,7-9,11-12H2,1-2H3. The van der Waals surface area contributed by atoms with E-state index in [1.54, 1.807) is 6.07 Å². The Morgan fingerprint density at radius 1 is 1.50 bits per heavy atom. The van der Waals surface area contributed by atoms with Crippen LogP contribution in [-0.2, 0) is 11.2 Å². The number of likely N-dealkylation sites (tertiary alicyclic amines) is 1. The number of amides is 1. The van der Waals surface area contributed by atoms with Crippen molar-refractivity contribution in [3.63, 3.8) is 0 Å². The van der Waals surface area contributed by atoms with Crippen LogP contribution in [0.3, 0.4) is 0 Å². The van der Waals surface area contributed by atoms with Crippen LogP contribution >= 0.6 is 15.9 Å². The van der Waals surface area contributed by atoms with Crippen LogP contribution in [0.25, 0.3) is 0 Å². The molecule has 0 aromatic heterocycles. The smallest absolute Gasteiger partial charge is 0.222 e. The first-order chi connectivity index (χ1) is 10.5. The van der Waals surface area contributed by atoms with Gasteiger partial charge in [0.2, 0.25) is 5.91 Å². The van der Waals surface area contributed by atoms with E-state index in [0.29, 0.717) is 24.3 Å². The number of hydrogen-bond donors (Lipinski definition) is 0. The van der Waals surface area contributed by atoms with Crippen LogP contribution in [0.15, 0.2) is 22.7 Å². The summed E-state index contributed by atoms with van der Waals surface area (Å²) in [7, 11) is 2.11. The zero-order valence-electron chi connectivity index (χ0n) is 13.3. The quantitative estimate of drug-likeness (QED) is 0.766. The molecule has 22 heavy (non-hydrogen) atoms. The number of carbonyl (C=O) groups excluding carboxylic acids is 1. The van der Waals surface area contributed by atoms with E-state index in [-0.39, 0.29) is 11.7 Å². The molecule has 1 saturated heterocycles. The molecule has 0 saturated carbocycles. The lowest BCUT2D eigenvalue weighted by Crippen LogP contribution is -2.31. The van der Waals surface area contributed by atoms with E-state index in [1.165, 1.54) is 6.07 Å². The first-order valence-corrected chi connectivity index (χ1v) is 8.69. The van der Waals surface area contributed by atoms with Gasteiger partial charge in [0.1, 0.15) is 5.82 Å². The van der Waals surface area contributed by atoms with Crippen LogP contribution in [0.5, 0.6) is 0 Å². The SMILES string of the molecule is CCN(C)CC1CCN(C(=O)CCc2ccc(Br)cc2F)C1. The summed E-state index contributed by atoms with van der Waals surface area (Å²) in [5.74, 6) is 0.466. The second kappa shape index (κ2) is 8.06. The third-order valence-electron chi connectivity index (χ3n) is 4.37. The van der Waals surface area contributed by atoms with Gasteiger partial charge in [0.15, 0.2) is 0 Å². The van der Waals surface area contributed by atoms with Crippen LogP contribution in [0, 0.1) is 11.7 Å². The summed E-state index contributed by atoms with van der Waals surface area (Å²) in [5.41, 5.74) is 0.609. The van der Waals surface area contributed by atoms with Crippen LogP contribution in [0.1, 0.15) is 25.3 Å². The predicted molar refractivity (Wildman–Crippen MR) is 90.3 cm³/mol. The van der Waals surface area contributed by atoms with Crippen molar-refractivity contribution in [3.8, 4) is 0 Å². The summed E-state index contributed by atoms with van der Waals surface area (Å²) in [6, 6.07) is 5.01. The molecule has 0 N–H and O–H groups in total. The lowest BCUT2D eigenvalue weighted by Gasteiger charge is -2.20. The van der Waals surface area contributed by atoms with Crippen molar-refractivity contribution < 1.29 is 9.18 Å². The van der Waals surface area contributed by atoms with Crippen molar-refractivity contribution in [1.82, 2.24) is 9.80 Å². The number of benzene rings is 1. The van der Waals surface area contributed by atoms with Gasteiger partial charge in [-0.05, 0) is 50.0 Å². The van der Waals surface area contributed by atoms with Crippen LogP contribution in [0.4, 0.5) is 4.39 Å². The van der Waals surface area contributed by atoms with E-state index in [9.17, 15) is 9.18 Å². The first-order valence-electron chi connectivity index (χ1n) is 7.89. The van der Waals surface area contributed by atoms with Gasteiger partial charge in [0, 0.05) is 30.5 Å². The highest BCUT2D eigenvalue weighted by molar-refractivity contribution is 9.10. The maximum atomic E-state index is 13.8. The van der Waals surface area contributed by atoms with Gasteiger partial charge in [-0.25, -0.2) is 4.39 Å². The highest BCUT2D eigenvalue weighted by Gasteiger charge is 2.26. The summed E-state index contributed by atoms with van der Waals surface area (Å²) in [5, 5.41) is 0. The third-order valence-corrected chi connectivity index (χ3v) is 4.86. The van der Waals surface area contributed by atoms with Crippen molar-refractivity contribution in [2.24, 2.45) is 5.92 Å². The molecule has 1 aliphatic rings. The number of nitrogens with zero attached hydrogens (tertiary/aromatic N) is 2. The minimum absolute atomic E-state index is 0.143. The van der Waals surface area contributed by atoms with E-state index in [0.717, 1.165) is 37.1 Å². The third kappa shape index (κ3) is 4.78. The monoisotopic (exact) mass is 370 g/mol. The fourth-order valence-electron chi connectivity index (χ4n) is 2.90. The molecule has 3 nitrogen and oxygen atoms in total. The first kappa shape index (κ1) is 17.4. The average Bonchev–Trinajstić information content (AvgIpc) is 2.94. The normalized spacial score (nSPS) is 18.2. The molecule has 1 heterocycles. The van der Waals surface area contributed by atoms with Gasteiger partial charge in [0.05, 0.1) is 0 Å². The fourth-order valence-corrected chi connectivity index (χ4v) is 3.24. The van der Waals surface area contributed by atoms with Crippen molar-refractivity contribution in [2.45, 2.75) is 26.2 Å². The molecule has 1 aromatic carbocycles. The van der Waals surface area contributed by atoms with Gasteiger partial charge >= 0.3 is 0 Å². The number of rotatable bonds is 6. The van der Waals surface area contributed by atoms with E-state index in [2.05, 4.69) is 34.8 Å². The maximum absolute atomic E-state index is 13.8. The summed E-state index contributed by atoms with van der Waals surface area (Å²) in [4.78, 5) is 16.5. The number of halogens is 2. The molecular formula is C17H24BrFN2O. The number of carbonyl (C=O) groups is 1. The summed E-state index contributed by atoms with van der Waals surface area (Å²) >= 11 is 3.24. The Bertz CT molecular complexity index is 523. The minimum Gasteiger partial charge on any atom is -0.342 e. The molecule has 2 rings (SSSR count). The molecule has 1 amide bonds. The zero-order chi connectivity index (χ0) is 16.1. The molecule has 122 valence electrons. The van der Waals surface area contributed by atoms with Gasteiger partial charge < -0.3 is 9.80 Å². The van der Waals surface area contributed by atoms with Crippen LogP contribution in [0.2, 0.25) is 0 Å². The molecule has 0 radical (unpaired) electrons. The number of hydrogen-bond acceptors (Lipinski definition) is 2. The molecule has 1 unspecified atom stereocenters. The van der Waals surface area contributed by atoms with Gasteiger partial charge in [-0.1, -0.05) is 28.9 Å². The van der Waals surface area contributed by atoms with Gasteiger partial charge in [-0.15, -0.1) is 0 Å². The van der Waals surface area contributed by atoms with Crippen molar-refractivity contribution in [2.75, 3.05) is 33.2 Å². The summed E-state index contributed by atoms with van der Waals surface area (Å²) < 4.78 is 14.5. The zero-order valence-corrected chi connectivity index (χ0v) is 14.9. The van der Waals surface area contributed by atoms with Gasteiger partial charge in [0.25, 0.3) is 0 Å². The largest absolute Gasteiger partial charge is 0.342 e. The van der Waals surface area contributed by atoms with E-state index in [1.807, 2.05) is 11.0 Å². The van der Waals surface area contributed by atoms with Crippen molar-refractivity contribution >= 4 is 21.8 Å². The fraction of sp³-hybridized carbons (Fsp3) is 0.588. The Kier molecular flexibility index (Phi) is 6.38. The molecule has 0 spiro atoms. The number of aryl methyl sites for hydroxylation is 1. The van der Waals surface area contributed by atoms with Crippen molar-refractivity contribution in [1.29, 1.82) is 0 Å². The highest BCUT2D eigenvalue weighted by atomic mass is 79.9. The summed E-state index contributed by atoms with van der Waals surface area (Å²) in [6.45, 7) is 5.90. The molecule has 1 aromatic rings. The van der Waals surface area contributed by atoms with Crippen LogP contribution < -0.4 is 0 Å². The minimum atomic E-state index is -0.244. The molecule has 1 fully saturated rings. The second-order valence-electron chi connectivity index (χ2n) is 6.09. The maximum Gasteiger partial charge on any atom is 0.222 e. The van der Waals surface area contributed by atoms with Gasteiger partial charge in [-0.2, -0.15) is 0 Å². The summed E-state index contributed by atoms with van der Waals surface area (Å²) in [6.07, 6.45) is 1.92. The van der Waals surface area contributed by atoms with Crippen molar-refractivity contribution in [3.05, 3.63) is 34.1 Å². The Balaban J connectivity index is 1.81. The van der Waals surface area contributed by atoms with E-state index < -0.39 is 0 Å². The lowest BCUT2D eigenvalue weighted by molar-refractivity contribution is -0.130. The molecule has 5 heteroatoms. The lowest BCUT2D eigenvalue weighted by atomic mass is 10.1. The Morgan fingerprint density at radius 3 is 2.95 bits per heavy atom. The average molecular weight is 371 g/mol. The van der Waals surface area contributed by atoms with Gasteiger partial charge in [-0.3, -0.25) is 4.79 Å². The molecule has 1 aliphatic heterocycles. The highest BCUT2D eigenvalue weighted by Crippen LogP contribution is 2.20. The molecule has 0 bridgehead atoms. The van der Waals surface area contributed by atoms with E-state index in [4.69, 9.17) is 0 Å². The Morgan fingerprint density at radius 2 is 2.27 bits per heavy atom. The van der Waals surface area contributed by atoms with E-state index >= 15 is 0 Å². The topological polar surface area (TPSA) is 23.6 Å². The molecule has 0 aliphatic carbocycles. The van der Waals surface area contributed by atoms with Crippen LogP contribution in [-0.4, -0.2) is 48.9 Å². The second-order valence-corrected chi connectivity index (χ2v) is 7.00. The molecule has 1 atom stereocenters. The predicted octanol–water partition coefficient (Wildman–Crippen LogP) is 3.32. The Hall–Kier alpha value is -0.940. The Labute approximate surface area is 140 Å². The molecular weight excluding hydrogens is 347 g/mol.